The highest BCUT2D eigenvalue weighted by atomic mass is 16.1. The van der Waals surface area contributed by atoms with Crippen molar-refractivity contribution in [2.45, 2.75) is 19.3 Å². The largest absolute Gasteiger partial charge is 0.370 e. The number of rotatable bonds is 4. The van der Waals surface area contributed by atoms with Crippen molar-refractivity contribution in [1.82, 2.24) is 0 Å². The van der Waals surface area contributed by atoms with Gasteiger partial charge >= 0.3 is 0 Å². The molecular weight excluding hydrogens is 288 g/mol. The topological polar surface area (TPSA) is 49.4 Å². The molecule has 4 heteroatoms. The fourth-order valence-electron chi connectivity index (χ4n) is 2.90. The number of nitrogens with one attached hydrogen (secondary N) is 1. The number of carbonyl (C=O) groups is 2. The first kappa shape index (κ1) is 15.3. The van der Waals surface area contributed by atoms with E-state index in [4.69, 9.17) is 0 Å². The summed E-state index contributed by atoms with van der Waals surface area (Å²) in [5.74, 6) is -0.160. The molecule has 2 aromatic carbocycles. The molecule has 0 spiro atoms. The van der Waals surface area contributed by atoms with Crippen LogP contribution in [0.2, 0.25) is 0 Å². The minimum Gasteiger partial charge on any atom is -0.370 e. The van der Waals surface area contributed by atoms with E-state index in [1.807, 2.05) is 18.2 Å². The zero-order chi connectivity index (χ0) is 16.1. The number of benzene rings is 2. The van der Waals surface area contributed by atoms with Gasteiger partial charge in [-0.25, -0.2) is 0 Å². The maximum absolute atomic E-state index is 12.4. The molecule has 0 aliphatic carbocycles. The summed E-state index contributed by atoms with van der Waals surface area (Å²) in [5, 5.41) is 2.99. The fourth-order valence-corrected chi connectivity index (χ4v) is 2.90. The quantitative estimate of drug-likeness (QED) is 0.875. The molecule has 3 rings (SSSR count). The molecule has 1 N–H and O–H groups in total. The third-order valence-electron chi connectivity index (χ3n) is 4.16. The molecule has 0 unspecified atom stereocenters. The van der Waals surface area contributed by atoms with Crippen LogP contribution in [0.25, 0.3) is 0 Å². The van der Waals surface area contributed by atoms with E-state index >= 15 is 0 Å². The third-order valence-corrected chi connectivity index (χ3v) is 4.16. The Labute approximate surface area is 136 Å². The predicted octanol–water partition coefficient (Wildman–Crippen LogP) is 3.74. The zero-order valence-corrected chi connectivity index (χ0v) is 13.0. The highest BCUT2D eigenvalue weighted by Gasteiger charge is 2.15. The Morgan fingerprint density at radius 3 is 2.35 bits per heavy atom. The van der Waals surface area contributed by atoms with Crippen molar-refractivity contribution in [3.8, 4) is 0 Å². The monoisotopic (exact) mass is 308 g/mol. The second-order valence-electron chi connectivity index (χ2n) is 5.76. The summed E-state index contributed by atoms with van der Waals surface area (Å²) < 4.78 is 0. The van der Waals surface area contributed by atoms with Crippen LogP contribution in [0.4, 0.5) is 11.4 Å². The standard InChI is InChI=1S/C19H20N2O2/c22-14-15-8-10-16(11-9-15)19(23)20-17-6-2-3-7-18(17)21-12-4-1-5-13-21/h2-3,6-11,14H,1,4-5,12-13H2,(H,20,23). The highest BCUT2D eigenvalue weighted by molar-refractivity contribution is 6.06. The lowest BCUT2D eigenvalue weighted by molar-refractivity contribution is 0.102. The van der Waals surface area contributed by atoms with Crippen LogP contribution in [-0.2, 0) is 0 Å². The number of anilines is 2. The van der Waals surface area contributed by atoms with Crippen LogP contribution in [0, 0.1) is 0 Å². The summed E-state index contributed by atoms with van der Waals surface area (Å²) in [5.41, 5.74) is 3.02. The molecule has 0 aromatic heterocycles. The lowest BCUT2D eigenvalue weighted by Gasteiger charge is -2.30. The molecule has 0 saturated carbocycles. The van der Waals surface area contributed by atoms with Gasteiger partial charge < -0.3 is 10.2 Å². The van der Waals surface area contributed by atoms with Crippen LogP contribution in [-0.4, -0.2) is 25.3 Å². The summed E-state index contributed by atoms with van der Waals surface area (Å²) in [6.07, 6.45) is 4.42. The number of para-hydroxylation sites is 2. The molecule has 1 aliphatic heterocycles. The third kappa shape index (κ3) is 3.59. The fraction of sp³-hybridized carbons (Fsp3) is 0.263. The molecule has 1 fully saturated rings. The first-order chi connectivity index (χ1) is 11.3. The van der Waals surface area contributed by atoms with E-state index in [9.17, 15) is 9.59 Å². The summed E-state index contributed by atoms with van der Waals surface area (Å²) in [6, 6.07) is 14.6. The molecule has 23 heavy (non-hydrogen) atoms. The molecule has 1 aliphatic rings. The minimum absolute atomic E-state index is 0.160. The van der Waals surface area contributed by atoms with Crippen molar-refractivity contribution in [2.24, 2.45) is 0 Å². The van der Waals surface area contributed by atoms with Crippen molar-refractivity contribution in [1.29, 1.82) is 0 Å². The van der Waals surface area contributed by atoms with Crippen LogP contribution in [0.3, 0.4) is 0 Å². The average molecular weight is 308 g/mol. The maximum atomic E-state index is 12.4. The van der Waals surface area contributed by atoms with Crippen LogP contribution < -0.4 is 10.2 Å². The van der Waals surface area contributed by atoms with Crippen molar-refractivity contribution < 1.29 is 9.59 Å². The lowest BCUT2D eigenvalue weighted by atomic mass is 10.1. The Bertz CT molecular complexity index is 689. The van der Waals surface area contributed by atoms with Gasteiger partial charge in [-0.3, -0.25) is 9.59 Å². The van der Waals surface area contributed by atoms with Crippen LogP contribution in [0.1, 0.15) is 40.0 Å². The van der Waals surface area contributed by atoms with Gasteiger partial charge in [-0.2, -0.15) is 0 Å². The molecule has 0 bridgehead atoms. The van der Waals surface area contributed by atoms with Gasteiger partial charge in [-0.1, -0.05) is 24.3 Å². The molecule has 118 valence electrons. The van der Waals surface area contributed by atoms with Gasteiger partial charge in [0.1, 0.15) is 6.29 Å². The second kappa shape index (κ2) is 7.09. The SMILES string of the molecule is O=Cc1ccc(C(=O)Nc2ccccc2N2CCCCC2)cc1. The van der Waals surface area contributed by atoms with E-state index in [0.29, 0.717) is 11.1 Å². The number of carbonyl (C=O) groups excluding carboxylic acids is 2. The summed E-state index contributed by atoms with van der Waals surface area (Å²) in [6.45, 7) is 2.06. The van der Waals surface area contributed by atoms with Gasteiger partial charge in [0.2, 0.25) is 0 Å². The van der Waals surface area contributed by atoms with Gasteiger partial charge in [-0.05, 0) is 43.5 Å². The van der Waals surface area contributed by atoms with Crippen molar-refractivity contribution in [3.63, 3.8) is 0 Å². The van der Waals surface area contributed by atoms with E-state index < -0.39 is 0 Å². The van der Waals surface area contributed by atoms with E-state index in [1.165, 1.54) is 19.3 Å². The first-order valence-corrected chi connectivity index (χ1v) is 7.98. The van der Waals surface area contributed by atoms with Gasteiger partial charge in [0.15, 0.2) is 0 Å². The Kier molecular flexibility index (Phi) is 4.71. The molecule has 1 saturated heterocycles. The smallest absolute Gasteiger partial charge is 0.255 e. The summed E-state index contributed by atoms with van der Waals surface area (Å²) in [4.78, 5) is 25.5. The number of hydrogen-bond acceptors (Lipinski definition) is 3. The number of amides is 1. The zero-order valence-electron chi connectivity index (χ0n) is 13.0. The second-order valence-corrected chi connectivity index (χ2v) is 5.76. The normalized spacial score (nSPS) is 14.3. The lowest BCUT2D eigenvalue weighted by Crippen LogP contribution is -2.30. The van der Waals surface area contributed by atoms with Gasteiger partial charge in [-0.15, -0.1) is 0 Å². The van der Waals surface area contributed by atoms with Crippen LogP contribution >= 0.6 is 0 Å². The van der Waals surface area contributed by atoms with Gasteiger partial charge in [0.25, 0.3) is 5.91 Å². The predicted molar refractivity (Wildman–Crippen MR) is 92.3 cm³/mol. The molecule has 2 aromatic rings. The minimum atomic E-state index is -0.160. The van der Waals surface area contributed by atoms with E-state index in [2.05, 4.69) is 16.3 Å². The molecule has 0 radical (unpaired) electrons. The van der Waals surface area contributed by atoms with Crippen molar-refractivity contribution in [3.05, 3.63) is 59.7 Å². The number of piperidine rings is 1. The Balaban J connectivity index is 1.78. The summed E-state index contributed by atoms with van der Waals surface area (Å²) in [7, 11) is 0. The van der Waals surface area contributed by atoms with Crippen LogP contribution in [0.15, 0.2) is 48.5 Å². The number of hydrogen-bond donors (Lipinski definition) is 1. The Hall–Kier alpha value is -2.62. The van der Waals surface area contributed by atoms with Crippen molar-refractivity contribution in [2.75, 3.05) is 23.3 Å². The average Bonchev–Trinajstić information content (AvgIpc) is 2.63. The first-order valence-electron chi connectivity index (χ1n) is 7.98. The van der Waals surface area contributed by atoms with Crippen LogP contribution in [0.5, 0.6) is 0 Å². The summed E-state index contributed by atoms with van der Waals surface area (Å²) >= 11 is 0. The molecule has 4 nitrogen and oxygen atoms in total. The van der Waals surface area contributed by atoms with E-state index in [-0.39, 0.29) is 5.91 Å². The van der Waals surface area contributed by atoms with E-state index in [0.717, 1.165) is 30.8 Å². The highest BCUT2D eigenvalue weighted by Crippen LogP contribution is 2.28. The Morgan fingerprint density at radius 2 is 1.65 bits per heavy atom. The molecule has 1 amide bonds. The van der Waals surface area contributed by atoms with Crippen molar-refractivity contribution >= 4 is 23.6 Å². The molecule has 0 atom stereocenters. The number of nitrogens with zero attached hydrogens (tertiary/aromatic N) is 1. The molecular formula is C19H20N2O2. The number of aldehydes is 1. The Morgan fingerprint density at radius 1 is 0.957 bits per heavy atom. The van der Waals surface area contributed by atoms with E-state index in [1.54, 1.807) is 24.3 Å². The van der Waals surface area contributed by atoms with Gasteiger partial charge in [0, 0.05) is 24.2 Å². The molecule has 1 heterocycles. The van der Waals surface area contributed by atoms with Gasteiger partial charge in [0.05, 0.1) is 11.4 Å². The maximum Gasteiger partial charge on any atom is 0.255 e.